The first kappa shape index (κ1) is 17.8. The number of aromatic nitrogens is 3. The van der Waals surface area contributed by atoms with Gasteiger partial charge < -0.3 is 10.2 Å². The van der Waals surface area contributed by atoms with E-state index >= 15 is 0 Å². The molecule has 1 aromatic heterocycles. The Morgan fingerprint density at radius 3 is 2.76 bits per heavy atom. The Morgan fingerprint density at radius 2 is 1.86 bits per heavy atom. The molecule has 3 aromatic rings. The molecular formula is C22H22ClN5S. The maximum Gasteiger partial charge on any atom is 0.231 e. The van der Waals surface area contributed by atoms with E-state index in [1.807, 2.05) is 12.1 Å². The van der Waals surface area contributed by atoms with Crippen LogP contribution in [0.15, 0.2) is 42.5 Å². The summed E-state index contributed by atoms with van der Waals surface area (Å²) in [7, 11) is 0. The highest BCUT2D eigenvalue weighted by molar-refractivity contribution is 7.99. The summed E-state index contributed by atoms with van der Waals surface area (Å²) in [6.45, 7) is 3.49. The second-order valence-electron chi connectivity index (χ2n) is 8.06. The molecule has 1 spiro atoms. The lowest BCUT2D eigenvalue weighted by atomic mass is 9.86. The molecule has 29 heavy (non-hydrogen) atoms. The van der Waals surface area contributed by atoms with E-state index < -0.39 is 0 Å². The van der Waals surface area contributed by atoms with Crippen LogP contribution in [0, 0.1) is 0 Å². The number of nitrogens with zero attached hydrogens (tertiary/aromatic N) is 4. The third-order valence-electron chi connectivity index (χ3n) is 6.46. The van der Waals surface area contributed by atoms with Crippen LogP contribution in [-0.2, 0) is 23.6 Å². The summed E-state index contributed by atoms with van der Waals surface area (Å²) in [5.41, 5.74) is 5.38. The van der Waals surface area contributed by atoms with E-state index in [4.69, 9.17) is 11.6 Å². The molecule has 0 radical (unpaired) electrons. The van der Waals surface area contributed by atoms with Gasteiger partial charge in [-0.3, -0.25) is 4.57 Å². The second kappa shape index (κ2) is 6.76. The largest absolute Gasteiger partial charge is 0.340 e. The molecule has 4 heterocycles. The highest BCUT2D eigenvalue weighted by Crippen LogP contribution is 2.53. The van der Waals surface area contributed by atoms with Gasteiger partial charge in [-0.25, -0.2) is 0 Å². The third kappa shape index (κ3) is 2.80. The quantitative estimate of drug-likeness (QED) is 0.633. The average Bonchev–Trinajstić information content (AvgIpc) is 3.27. The molecule has 2 aromatic carbocycles. The zero-order valence-corrected chi connectivity index (χ0v) is 17.6. The SMILES string of the molecule is Clc1ccc2c(c1)CNCc1nnc(N3CCC4(CC3)SCc3ccccc34)n1-2. The van der Waals surface area contributed by atoms with Crippen LogP contribution in [0.2, 0.25) is 5.02 Å². The van der Waals surface area contributed by atoms with Gasteiger partial charge in [0.05, 0.1) is 12.2 Å². The summed E-state index contributed by atoms with van der Waals surface area (Å²) < 4.78 is 2.49. The fourth-order valence-corrected chi connectivity index (χ4v) is 6.67. The molecule has 148 valence electrons. The van der Waals surface area contributed by atoms with E-state index in [-0.39, 0.29) is 4.75 Å². The predicted molar refractivity (Wildman–Crippen MR) is 118 cm³/mol. The minimum Gasteiger partial charge on any atom is -0.340 e. The fraction of sp³-hybridized carbons (Fsp3) is 0.364. The Balaban J connectivity index is 1.33. The number of hydrogen-bond donors (Lipinski definition) is 1. The van der Waals surface area contributed by atoms with Crippen molar-refractivity contribution in [2.24, 2.45) is 0 Å². The van der Waals surface area contributed by atoms with Crippen molar-refractivity contribution < 1.29 is 0 Å². The third-order valence-corrected chi connectivity index (χ3v) is 8.33. The number of rotatable bonds is 1. The fourth-order valence-electron chi connectivity index (χ4n) is 4.96. The minimum atomic E-state index is 0.266. The van der Waals surface area contributed by atoms with Gasteiger partial charge in [0.2, 0.25) is 5.95 Å². The number of benzene rings is 2. The van der Waals surface area contributed by atoms with E-state index in [9.17, 15) is 0 Å². The van der Waals surface area contributed by atoms with Crippen molar-refractivity contribution in [1.82, 2.24) is 20.1 Å². The molecule has 0 saturated carbocycles. The predicted octanol–water partition coefficient (Wildman–Crippen LogP) is 4.27. The molecule has 3 aliphatic heterocycles. The minimum absolute atomic E-state index is 0.266. The number of nitrogens with one attached hydrogen (secondary N) is 1. The van der Waals surface area contributed by atoms with Crippen molar-refractivity contribution in [2.45, 2.75) is 36.4 Å². The van der Waals surface area contributed by atoms with Gasteiger partial charge >= 0.3 is 0 Å². The lowest BCUT2D eigenvalue weighted by Gasteiger charge is -2.39. The summed E-state index contributed by atoms with van der Waals surface area (Å²) in [6.07, 6.45) is 2.28. The average molecular weight is 424 g/mol. The first-order chi connectivity index (χ1) is 14.2. The van der Waals surface area contributed by atoms with Gasteiger partial charge in [0.1, 0.15) is 0 Å². The van der Waals surface area contributed by atoms with Gasteiger partial charge in [0.15, 0.2) is 5.82 Å². The monoisotopic (exact) mass is 423 g/mol. The molecule has 0 atom stereocenters. The number of hydrogen-bond acceptors (Lipinski definition) is 5. The van der Waals surface area contributed by atoms with Gasteiger partial charge in [-0.15, -0.1) is 22.0 Å². The molecule has 1 saturated heterocycles. The second-order valence-corrected chi connectivity index (χ2v) is 9.85. The molecule has 3 aliphatic rings. The molecule has 5 nitrogen and oxygen atoms in total. The van der Waals surface area contributed by atoms with Gasteiger partial charge in [-0.2, -0.15) is 0 Å². The van der Waals surface area contributed by atoms with Crippen molar-refractivity contribution in [3.8, 4) is 5.69 Å². The zero-order valence-electron chi connectivity index (χ0n) is 16.1. The number of halogens is 1. The number of thioether (sulfide) groups is 1. The van der Waals surface area contributed by atoms with Crippen molar-refractivity contribution in [3.63, 3.8) is 0 Å². The maximum absolute atomic E-state index is 6.25. The molecule has 0 aliphatic carbocycles. The van der Waals surface area contributed by atoms with Gasteiger partial charge in [0.25, 0.3) is 0 Å². The van der Waals surface area contributed by atoms with Crippen molar-refractivity contribution >= 4 is 29.3 Å². The van der Waals surface area contributed by atoms with E-state index in [1.165, 1.54) is 11.1 Å². The molecule has 7 heteroatoms. The topological polar surface area (TPSA) is 46.0 Å². The van der Waals surface area contributed by atoms with Gasteiger partial charge in [-0.1, -0.05) is 35.9 Å². The van der Waals surface area contributed by atoms with Crippen LogP contribution in [0.1, 0.15) is 35.4 Å². The first-order valence-electron chi connectivity index (χ1n) is 10.1. The smallest absolute Gasteiger partial charge is 0.231 e. The summed E-state index contributed by atoms with van der Waals surface area (Å²) in [4.78, 5) is 2.41. The van der Waals surface area contributed by atoms with Crippen LogP contribution in [0.25, 0.3) is 5.69 Å². The van der Waals surface area contributed by atoms with Gasteiger partial charge in [-0.05, 0) is 47.7 Å². The van der Waals surface area contributed by atoms with Crippen molar-refractivity contribution in [3.05, 3.63) is 70.0 Å². The summed E-state index contributed by atoms with van der Waals surface area (Å²) in [5.74, 6) is 3.05. The lowest BCUT2D eigenvalue weighted by molar-refractivity contribution is 0.461. The van der Waals surface area contributed by atoms with E-state index in [0.717, 1.165) is 60.7 Å². The Kier molecular flexibility index (Phi) is 4.15. The van der Waals surface area contributed by atoms with Crippen LogP contribution in [0.3, 0.4) is 0 Å². The highest BCUT2D eigenvalue weighted by atomic mass is 35.5. The van der Waals surface area contributed by atoms with E-state index in [2.05, 4.69) is 67.1 Å². The Labute approximate surface area is 179 Å². The molecule has 0 amide bonds. The summed E-state index contributed by atoms with van der Waals surface area (Å²) >= 11 is 8.37. The van der Waals surface area contributed by atoms with E-state index in [1.54, 1.807) is 5.56 Å². The molecule has 0 bridgehead atoms. The van der Waals surface area contributed by atoms with Gasteiger partial charge in [0, 0.05) is 35.2 Å². The van der Waals surface area contributed by atoms with Crippen LogP contribution in [-0.4, -0.2) is 27.9 Å². The van der Waals surface area contributed by atoms with E-state index in [0.29, 0.717) is 6.54 Å². The molecule has 6 rings (SSSR count). The van der Waals surface area contributed by atoms with Crippen LogP contribution in [0.5, 0.6) is 0 Å². The Bertz CT molecular complexity index is 1090. The standard InChI is InChI=1S/C22H22ClN5S/c23-17-5-6-19-16(11-17)12-24-13-20-25-26-21(28(19)20)27-9-7-22(8-10-27)18-4-2-1-3-15(18)14-29-22/h1-6,11,24H,7-10,12-14H2. The van der Waals surface area contributed by atoms with Crippen LogP contribution < -0.4 is 10.2 Å². The van der Waals surface area contributed by atoms with Crippen LogP contribution >= 0.6 is 23.4 Å². The number of fused-ring (bicyclic) bond motifs is 5. The lowest BCUT2D eigenvalue weighted by Crippen LogP contribution is -2.41. The zero-order chi connectivity index (χ0) is 19.4. The van der Waals surface area contributed by atoms with Crippen molar-refractivity contribution in [1.29, 1.82) is 0 Å². The summed E-state index contributed by atoms with van der Waals surface area (Å²) in [6, 6.07) is 15.1. The Hall–Kier alpha value is -2.02. The number of anilines is 1. The molecule has 0 unspecified atom stereocenters. The molecular weight excluding hydrogens is 402 g/mol. The normalized spacial score (nSPS) is 19.6. The molecule has 1 N–H and O–H groups in total. The number of piperidine rings is 1. The Morgan fingerprint density at radius 1 is 1.00 bits per heavy atom. The maximum atomic E-state index is 6.25. The van der Waals surface area contributed by atoms with Crippen LogP contribution in [0.4, 0.5) is 5.95 Å². The highest BCUT2D eigenvalue weighted by Gasteiger charge is 2.42. The van der Waals surface area contributed by atoms with Crippen molar-refractivity contribution in [2.75, 3.05) is 18.0 Å². The molecule has 1 fully saturated rings. The summed E-state index contributed by atoms with van der Waals surface area (Å²) in [5, 5.41) is 13.3. The first-order valence-corrected chi connectivity index (χ1v) is 11.5.